The molecule has 0 saturated heterocycles. The van der Waals surface area contributed by atoms with Crippen LogP contribution in [0, 0.1) is 11.3 Å². The Hall–Kier alpha value is -3.15. The second kappa shape index (κ2) is 6.54. The minimum atomic E-state index is -4.63. The normalized spacial score (nSPS) is 12.2. The molecule has 27 heavy (non-hydrogen) atoms. The van der Waals surface area contributed by atoms with Gasteiger partial charge in [-0.05, 0) is 43.2 Å². The summed E-state index contributed by atoms with van der Waals surface area (Å²) in [5.41, 5.74) is -2.11. The first kappa shape index (κ1) is 18.6. The van der Waals surface area contributed by atoms with E-state index in [4.69, 9.17) is 5.26 Å². The minimum absolute atomic E-state index is 0.0186. The van der Waals surface area contributed by atoms with Crippen molar-refractivity contribution >= 4 is 0 Å². The Bertz CT molecular complexity index is 1000. The lowest BCUT2D eigenvalue weighted by molar-refractivity contribution is -0.138. The molecule has 9 heteroatoms. The highest BCUT2D eigenvalue weighted by molar-refractivity contribution is 5.61. The number of alkyl halides is 4. The molecule has 5 nitrogen and oxygen atoms in total. The molecule has 0 fully saturated rings. The number of benzene rings is 1. The van der Waals surface area contributed by atoms with E-state index in [1.165, 1.54) is 30.5 Å². The molecule has 0 spiro atoms. The number of hydrogen-bond acceptors (Lipinski definition) is 3. The quantitative estimate of drug-likeness (QED) is 0.685. The molecule has 0 aliphatic carbocycles. The van der Waals surface area contributed by atoms with Gasteiger partial charge in [-0.15, -0.1) is 5.10 Å². The SMILES string of the molecule is CC(C)(F)c1ccc(Cn2cccc2-c2n[nH]nc2C#N)c(C(F)(F)F)c1. The Morgan fingerprint density at radius 3 is 2.52 bits per heavy atom. The number of halogens is 4. The Morgan fingerprint density at radius 1 is 1.15 bits per heavy atom. The molecule has 140 valence electrons. The number of nitriles is 1. The van der Waals surface area contributed by atoms with E-state index in [1.807, 2.05) is 6.07 Å². The van der Waals surface area contributed by atoms with Crippen molar-refractivity contribution in [1.29, 1.82) is 5.26 Å². The molecular weight excluding hydrogens is 362 g/mol. The Kier molecular flexibility index (Phi) is 4.51. The highest BCUT2D eigenvalue weighted by Crippen LogP contribution is 2.36. The van der Waals surface area contributed by atoms with Crippen molar-refractivity contribution in [3.8, 4) is 17.5 Å². The first-order chi connectivity index (χ1) is 12.6. The van der Waals surface area contributed by atoms with Crippen molar-refractivity contribution in [2.24, 2.45) is 0 Å². The van der Waals surface area contributed by atoms with Gasteiger partial charge in [0, 0.05) is 12.7 Å². The van der Waals surface area contributed by atoms with Crippen LogP contribution in [0.3, 0.4) is 0 Å². The van der Waals surface area contributed by atoms with E-state index in [1.54, 1.807) is 18.3 Å². The summed E-state index contributed by atoms with van der Waals surface area (Å²) in [6, 6.07) is 8.61. The largest absolute Gasteiger partial charge is 0.416 e. The molecule has 0 unspecified atom stereocenters. The van der Waals surface area contributed by atoms with Crippen LogP contribution in [0.1, 0.15) is 36.2 Å². The van der Waals surface area contributed by atoms with Crippen LogP contribution < -0.4 is 0 Å². The third-order valence-corrected chi connectivity index (χ3v) is 4.17. The van der Waals surface area contributed by atoms with E-state index < -0.39 is 17.4 Å². The molecule has 0 amide bonds. The number of H-pyrrole nitrogens is 1. The van der Waals surface area contributed by atoms with Crippen LogP contribution in [0.4, 0.5) is 17.6 Å². The van der Waals surface area contributed by atoms with Crippen LogP contribution in [0.5, 0.6) is 0 Å². The second-order valence-electron chi connectivity index (χ2n) is 6.50. The Balaban J connectivity index is 2.05. The van der Waals surface area contributed by atoms with E-state index in [0.29, 0.717) is 5.69 Å². The van der Waals surface area contributed by atoms with Crippen LogP contribution in [-0.2, 0) is 18.4 Å². The van der Waals surface area contributed by atoms with Crippen LogP contribution in [-0.4, -0.2) is 20.0 Å². The maximum atomic E-state index is 14.1. The van der Waals surface area contributed by atoms with Gasteiger partial charge in [0.15, 0.2) is 5.69 Å². The van der Waals surface area contributed by atoms with Crippen molar-refractivity contribution in [3.05, 3.63) is 58.9 Å². The molecule has 0 atom stereocenters. The van der Waals surface area contributed by atoms with Crippen molar-refractivity contribution in [3.63, 3.8) is 0 Å². The van der Waals surface area contributed by atoms with Crippen LogP contribution >= 0.6 is 0 Å². The maximum Gasteiger partial charge on any atom is 0.416 e. The number of rotatable bonds is 4. The van der Waals surface area contributed by atoms with E-state index in [-0.39, 0.29) is 29.1 Å². The topological polar surface area (TPSA) is 70.3 Å². The van der Waals surface area contributed by atoms with Crippen molar-refractivity contribution < 1.29 is 17.6 Å². The second-order valence-corrected chi connectivity index (χ2v) is 6.50. The highest BCUT2D eigenvalue weighted by Gasteiger charge is 2.35. The lowest BCUT2D eigenvalue weighted by Gasteiger charge is -2.20. The van der Waals surface area contributed by atoms with Crippen LogP contribution in [0.2, 0.25) is 0 Å². The summed E-state index contributed by atoms with van der Waals surface area (Å²) >= 11 is 0. The zero-order chi connectivity index (χ0) is 19.8. The fourth-order valence-electron chi connectivity index (χ4n) is 2.79. The van der Waals surface area contributed by atoms with Gasteiger partial charge in [0.25, 0.3) is 0 Å². The average molecular weight is 377 g/mol. The first-order valence-corrected chi connectivity index (χ1v) is 7.97. The number of hydrogen-bond donors (Lipinski definition) is 1. The Morgan fingerprint density at radius 2 is 1.89 bits per heavy atom. The van der Waals surface area contributed by atoms with Crippen molar-refractivity contribution in [2.75, 3.05) is 0 Å². The summed E-state index contributed by atoms with van der Waals surface area (Å²) in [4.78, 5) is 0. The third-order valence-electron chi connectivity index (χ3n) is 4.17. The smallest absolute Gasteiger partial charge is 0.342 e. The number of aromatic amines is 1. The summed E-state index contributed by atoms with van der Waals surface area (Å²) in [6.07, 6.45) is -3.05. The number of nitrogens with one attached hydrogen (secondary N) is 1. The molecule has 3 aromatic rings. The molecule has 1 aromatic carbocycles. The van der Waals surface area contributed by atoms with Gasteiger partial charge in [-0.2, -0.15) is 28.7 Å². The third kappa shape index (κ3) is 3.69. The molecule has 1 N–H and O–H groups in total. The Labute approximate surface area is 152 Å². The minimum Gasteiger partial charge on any atom is -0.342 e. The molecule has 2 heterocycles. The molecule has 0 aliphatic heterocycles. The van der Waals surface area contributed by atoms with E-state index >= 15 is 0 Å². The van der Waals surface area contributed by atoms with Gasteiger partial charge in [-0.3, -0.25) is 0 Å². The standard InChI is InChI=1S/C18H15F4N5/c1-17(2,19)12-6-5-11(13(8-12)18(20,21)22)10-27-7-3-4-15(27)16-14(9-23)24-26-25-16/h3-8H,10H2,1-2H3,(H,24,25,26). The number of aromatic nitrogens is 4. The molecule has 0 aliphatic rings. The number of nitrogens with zero attached hydrogens (tertiary/aromatic N) is 4. The van der Waals surface area contributed by atoms with Crippen LogP contribution in [0.25, 0.3) is 11.4 Å². The van der Waals surface area contributed by atoms with E-state index in [9.17, 15) is 17.6 Å². The van der Waals surface area contributed by atoms with Gasteiger partial charge in [0.1, 0.15) is 17.4 Å². The molecule has 3 rings (SSSR count). The zero-order valence-electron chi connectivity index (χ0n) is 14.5. The van der Waals surface area contributed by atoms with Gasteiger partial charge in [-0.25, -0.2) is 4.39 Å². The van der Waals surface area contributed by atoms with Gasteiger partial charge in [-0.1, -0.05) is 12.1 Å². The molecule has 0 radical (unpaired) electrons. The summed E-state index contributed by atoms with van der Waals surface area (Å²) < 4.78 is 56.2. The van der Waals surface area contributed by atoms with Crippen molar-refractivity contribution in [1.82, 2.24) is 20.0 Å². The predicted octanol–water partition coefficient (Wildman–Crippen LogP) is 4.42. The van der Waals surface area contributed by atoms with Gasteiger partial charge in [0.2, 0.25) is 0 Å². The van der Waals surface area contributed by atoms with Crippen molar-refractivity contribution in [2.45, 2.75) is 32.2 Å². The summed E-state index contributed by atoms with van der Waals surface area (Å²) in [6.45, 7) is 2.29. The van der Waals surface area contributed by atoms with E-state index in [2.05, 4.69) is 15.4 Å². The fourth-order valence-corrected chi connectivity index (χ4v) is 2.79. The molecule has 0 saturated carbocycles. The molecule has 2 aromatic heterocycles. The van der Waals surface area contributed by atoms with E-state index in [0.717, 1.165) is 6.07 Å². The summed E-state index contributed by atoms with van der Waals surface area (Å²) in [5.74, 6) is 0. The first-order valence-electron chi connectivity index (χ1n) is 7.97. The predicted molar refractivity (Wildman–Crippen MR) is 89.2 cm³/mol. The fraction of sp³-hybridized carbons (Fsp3) is 0.278. The molecular formula is C18H15F4N5. The summed E-state index contributed by atoms with van der Waals surface area (Å²) in [7, 11) is 0. The molecule has 0 bridgehead atoms. The van der Waals surface area contributed by atoms with Gasteiger partial charge < -0.3 is 4.57 Å². The average Bonchev–Trinajstić information content (AvgIpc) is 3.21. The summed E-state index contributed by atoms with van der Waals surface area (Å²) in [5, 5.41) is 19.0. The van der Waals surface area contributed by atoms with Gasteiger partial charge in [0.05, 0.1) is 11.3 Å². The monoisotopic (exact) mass is 377 g/mol. The lowest BCUT2D eigenvalue weighted by atomic mass is 9.95. The zero-order valence-corrected chi connectivity index (χ0v) is 14.5. The lowest BCUT2D eigenvalue weighted by Crippen LogP contribution is -2.16. The van der Waals surface area contributed by atoms with Crippen LogP contribution in [0.15, 0.2) is 36.5 Å². The highest BCUT2D eigenvalue weighted by atomic mass is 19.4. The van der Waals surface area contributed by atoms with Gasteiger partial charge >= 0.3 is 6.18 Å². The maximum absolute atomic E-state index is 14.1.